The van der Waals surface area contributed by atoms with Crippen LogP contribution in [-0.2, 0) is 0 Å². The maximum atomic E-state index is 12.7. The van der Waals surface area contributed by atoms with Gasteiger partial charge in [0.05, 0.1) is 11.4 Å². The Morgan fingerprint density at radius 3 is 2.64 bits per heavy atom. The molecule has 1 amide bonds. The van der Waals surface area contributed by atoms with Gasteiger partial charge in [-0.2, -0.15) is 5.10 Å². The standard InChI is InChI=1S/C23H24N4O/c28-23(25-16-11-18-7-3-1-4-8-18)21-17-22(19-12-14-24-15-13-19)27(26-21)20-9-5-2-6-10-20/h2,5-7,9-10,12-15,17H,1,3-4,8,11,16H2,(H,25,28). The molecule has 3 aromatic rings. The SMILES string of the molecule is O=C(NCCC1=CCCCC1)c1cc(-c2ccncc2)n(-c2ccccc2)n1. The van der Waals surface area contributed by atoms with Gasteiger partial charge in [0.25, 0.3) is 5.91 Å². The highest BCUT2D eigenvalue weighted by Gasteiger charge is 2.16. The summed E-state index contributed by atoms with van der Waals surface area (Å²) in [6, 6.07) is 15.5. The van der Waals surface area contributed by atoms with E-state index in [-0.39, 0.29) is 5.91 Å². The highest BCUT2D eigenvalue weighted by atomic mass is 16.1. The molecule has 4 rings (SSSR count). The lowest BCUT2D eigenvalue weighted by molar-refractivity contribution is 0.0948. The summed E-state index contributed by atoms with van der Waals surface area (Å²) < 4.78 is 1.81. The van der Waals surface area contributed by atoms with E-state index in [1.807, 2.05) is 53.2 Å². The number of allylic oxidation sites excluding steroid dienone is 1. The number of hydrogen-bond acceptors (Lipinski definition) is 3. The van der Waals surface area contributed by atoms with Gasteiger partial charge in [0.1, 0.15) is 0 Å². The smallest absolute Gasteiger partial charge is 0.271 e. The Hall–Kier alpha value is -3.21. The number of para-hydroxylation sites is 1. The molecule has 0 spiro atoms. The first-order valence-electron chi connectivity index (χ1n) is 9.83. The summed E-state index contributed by atoms with van der Waals surface area (Å²) in [6.45, 7) is 0.646. The van der Waals surface area contributed by atoms with E-state index in [0.29, 0.717) is 12.2 Å². The van der Waals surface area contributed by atoms with Gasteiger partial charge in [0.2, 0.25) is 0 Å². The van der Waals surface area contributed by atoms with Crippen molar-refractivity contribution >= 4 is 5.91 Å². The van der Waals surface area contributed by atoms with Crippen molar-refractivity contribution in [3.05, 3.63) is 78.3 Å². The molecule has 0 aliphatic heterocycles. The van der Waals surface area contributed by atoms with Crippen LogP contribution in [0.2, 0.25) is 0 Å². The molecule has 0 saturated carbocycles. The number of pyridine rings is 1. The van der Waals surface area contributed by atoms with E-state index in [4.69, 9.17) is 0 Å². The summed E-state index contributed by atoms with van der Waals surface area (Å²) in [5.74, 6) is -0.138. The molecule has 0 radical (unpaired) electrons. The van der Waals surface area contributed by atoms with Crippen LogP contribution in [-0.4, -0.2) is 27.2 Å². The van der Waals surface area contributed by atoms with Crippen molar-refractivity contribution in [1.29, 1.82) is 0 Å². The first-order valence-corrected chi connectivity index (χ1v) is 9.83. The van der Waals surface area contributed by atoms with E-state index in [0.717, 1.165) is 29.8 Å². The van der Waals surface area contributed by atoms with E-state index in [1.54, 1.807) is 12.4 Å². The second kappa shape index (κ2) is 8.65. The third-order valence-electron chi connectivity index (χ3n) is 5.04. The van der Waals surface area contributed by atoms with Gasteiger partial charge in [0.15, 0.2) is 5.69 Å². The van der Waals surface area contributed by atoms with Crippen molar-refractivity contribution in [2.45, 2.75) is 32.1 Å². The van der Waals surface area contributed by atoms with Crippen molar-refractivity contribution in [3.63, 3.8) is 0 Å². The second-order valence-electron chi connectivity index (χ2n) is 7.01. The minimum atomic E-state index is -0.138. The molecule has 5 nitrogen and oxygen atoms in total. The fraction of sp³-hybridized carbons (Fsp3) is 0.261. The number of amides is 1. The monoisotopic (exact) mass is 372 g/mol. The summed E-state index contributed by atoms with van der Waals surface area (Å²) in [6.07, 6.45) is 11.6. The molecule has 0 unspecified atom stereocenters. The number of carbonyl (C=O) groups excluding carboxylic acids is 1. The first kappa shape index (κ1) is 18.2. The molecule has 0 atom stereocenters. The molecule has 1 N–H and O–H groups in total. The third kappa shape index (κ3) is 4.19. The van der Waals surface area contributed by atoms with E-state index in [1.165, 1.54) is 24.8 Å². The van der Waals surface area contributed by atoms with Gasteiger partial charge in [-0.3, -0.25) is 9.78 Å². The minimum absolute atomic E-state index is 0.138. The van der Waals surface area contributed by atoms with Crippen molar-refractivity contribution < 1.29 is 4.79 Å². The van der Waals surface area contributed by atoms with Crippen LogP contribution in [0.25, 0.3) is 16.9 Å². The largest absolute Gasteiger partial charge is 0.350 e. The number of rotatable bonds is 6. The number of nitrogens with one attached hydrogen (secondary N) is 1. The van der Waals surface area contributed by atoms with Crippen LogP contribution in [0.15, 0.2) is 72.6 Å². The predicted molar refractivity (Wildman–Crippen MR) is 110 cm³/mol. The minimum Gasteiger partial charge on any atom is -0.350 e. The van der Waals surface area contributed by atoms with Crippen LogP contribution in [0, 0.1) is 0 Å². The quantitative estimate of drug-likeness (QED) is 0.646. The van der Waals surface area contributed by atoms with Gasteiger partial charge in [-0.15, -0.1) is 0 Å². The fourth-order valence-corrected chi connectivity index (χ4v) is 3.55. The highest BCUT2D eigenvalue weighted by Crippen LogP contribution is 2.24. The topological polar surface area (TPSA) is 59.8 Å². The van der Waals surface area contributed by atoms with Gasteiger partial charge in [-0.25, -0.2) is 4.68 Å². The van der Waals surface area contributed by atoms with E-state index in [9.17, 15) is 4.79 Å². The molecule has 1 aromatic carbocycles. The predicted octanol–water partition coefficient (Wildman–Crippen LogP) is 4.55. The average molecular weight is 372 g/mol. The lowest BCUT2D eigenvalue weighted by Gasteiger charge is -2.12. The number of benzene rings is 1. The molecule has 1 aliphatic rings. The summed E-state index contributed by atoms with van der Waals surface area (Å²) in [4.78, 5) is 16.8. The zero-order valence-corrected chi connectivity index (χ0v) is 15.8. The number of nitrogens with zero attached hydrogens (tertiary/aromatic N) is 3. The molecule has 0 bridgehead atoms. The molecule has 1 aliphatic carbocycles. The van der Waals surface area contributed by atoms with Crippen molar-refractivity contribution in [1.82, 2.24) is 20.1 Å². The lowest BCUT2D eigenvalue weighted by Crippen LogP contribution is -2.25. The van der Waals surface area contributed by atoms with Crippen LogP contribution in [0.1, 0.15) is 42.6 Å². The Balaban J connectivity index is 1.55. The van der Waals surface area contributed by atoms with E-state index in [2.05, 4.69) is 21.5 Å². The molecular weight excluding hydrogens is 348 g/mol. The Bertz CT molecular complexity index is 904. The molecule has 0 fully saturated rings. The molecule has 0 saturated heterocycles. The zero-order chi connectivity index (χ0) is 19.2. The molecular formula is C23H24N4O. The fourth-order valence-electron chi connectivity index (χ4n) is 3.55. The summed E-state index contributed by atoms with van der Waals surface area (Å²) >= 11 is 0. The zero-order valence-electron chi connectivity index (χ0n) is 15.8. The Morgan fingerprint density at radius 1 is 1.07 bits per heavy atom. The van der Waals surface area contributed by atoms with Gasteiger partial charge in [0, 0.05) is 24.5 Å². The van der Waals surface area contributed by atoms with E-state index >= 15 is 0 Å². The van der Waals surface area contributed by atoms with Crippen LogP contribution in [0.4, 0.5) is 0 Å². The van der Waals surface area contributed by atoms with Crippen molar-refractivity contribution in [3.8, 4) is 16.9 Å². The van der Waals surface area contributed by atoms with Gasteiger partial charge >= 0.3 is 0 Å². The van der Waals surface area contributed by atoms with Gasteiger partial charge in [-0.1, -0.05) is 29.8 Å². The number of hydrogen-bond donors (Lipinski definition) is 1. The number of carbonyl (C=O) groups is 1. The lowest BCUT2D eigenvalue weighted by atomic mass is 9.97. The normalized spacial score (nSPS) is 13.8. The average Bonchev–Trinajstić information content (AvgIpc) is 3.21. The van der Waals surface area contributed by atoms with Gasteiger partial charge < -0.3 is 5.32 Å². The number of aromatic nitrogens is 3. The third-order valence-corrected chi connectivity index (χ3v) is 5.04. The Labute approximate surface area is 165 Å². The molecule has 5 heteroatoms. The van der Waals surface area contributed by atoms with Crippen LogP contribution >= 0.6 is 0 Å². The molecule has 2 aromatic heterocycles. The molecule has 142 valence electrons. The van der Waals surface area contributed by atoms with Crippen molar-refractivity contribution in [2.24, 2.45) is 0 Å². The maximum absolute atomic E-state index is 12.7. The summed E-state index contributed by atoms with van der Waals surface area (Å²) in [5, 5.41) is 7.61. The maximum Gasteiger partial charge on any atom is 0.271 e. The highest BCUT2D eigenvalue weighted by molar-refractivity contribution is 5.93. The van der Waals surface area contributed by atoms with Gasteiger partial charge in [-0.05, 0) is 62.4 Å². The first-order chi connectivity index (χ1) is 13.8. The molecule has 28 heavy (non-hydrogen) atoms. The summed E-state index contributed by atoms with van der Waals surface area (Å²) in [5.41, 5.74) is 4.64. The van der Waals surface area contributed by atoms with Crippen molar-refractivity contribution in [2.75, 3.05) is 6.54 Å². The summed E-state index contributed by atoms with van der Waals surface area (Å²) in [7, 11) is 0. The second-order valence-corrected chi connectivity index (χ2v) is 7.01. The Morgan fingerprint density at radius 2 is 1.89 bits per heavy atom. The molecule has 2 heterocycles. The van der Waals surface area contributed by atoms with Crippen LogP contribution < -0.4 is 5.32 Å². The van der Waals surface area contributed by atoms with E-state index < -0.39 is 0 Å². The Kier molecular flexibility index (Phi) is 5.61. The van der Waals surface area contributed by atoms with Crippen LogP contribution in [0.5, 0.6) is 0 Å². The van der Waals surface area contributed by atoms with Crippen LogP contribution in [0.3, 0.4) is 0 Å².